The molecule has 0 amide bonds. The molecule has 0 saturated carbocycles. The molecule has 1 N–H and O–H groups in total. The van der Waals surface area contributed by atoms with E-state index in [1.807, 2.05) is 6.92 Å². The third-order valence-corrected chi connectivity index (χ3v) is 1.77. The van der Waals surface area contributed by atoms with Crippen molar-refractivity contribution in [2.45, 2.75) is 32.8 Å². The number of rotatable bonds is 6. The molecule has 0 aromatic carbocycles. The van der Waals surface area contributed by atoms with E-state index in [0.717, 1.165) is 12.5 Å². The number of nitrogens with zero attached hydrogens (tertiary/aromatic N) is 1. The van der Waals surface area contributed by atoms with Crippen LogP contribution in [0, 0.1) is 11.3 Å². The first kappa shape index (κ1) is 14.3. The molecule has 0 aliphatic heterocycles. The standard InChI is InChI=1S/C11H15NO4/c1-3-4-5-16-11(15)9(7-12)6-10(14)8(2)13/h6,8,13H,3-5H2,1-2H3/b9-6+. The zero-order valence-corrected chi connectivity index (χ0v) is 9.40. The molecule has 0 aliphatic carbocycles. The predicted octanol–water partition coefficient (Wildman–Crippen LogP) is 0.730. The molecule has 0 bridgehead atoms. The van der Waals surface area contributed by atoms with Crippen LogP contribution in [0.4, 0.5) is 0 Å². The Hall–Kier alpha value is -1.67. The molecule has 0 radical (unpaired) electrons. The zero-order valence-electron chi connectivity index (χ0n) is 9.40. The Bertz CT molecular complexity index is 325. The van der Waals surface area contributed by atoms with Crippen molar-refractivity contribution >= 4 is 11.8 Å². The number of esters is 1. The molecule has 1 atom stereocenters. The number of carbonyl (C=O) groups is 2. The lowest BCUT2D eigenvalue weighted by molar-refractivity contribution is -0.139. The average molecular weight is 225 g/mol. The largest absolute Gasteiger partial charge is 0.462 e. The average Bonchev–Trinajstić information content (AvgIpc) is 2.25. The van der Waals surface area contributed by atoms with E-state index < -0.39 is 17.9 Å². The van der Waals surface area contributed by atoms with Gasteiger partial charge in [0.25, 0.3) is 0 Å². The lowest BCUT2D eigenvalue weighted by Gasteiger charge is -2.02. The summed E-state index contributed by atoms with van der Waals surface area (Å²) in [5.41, 5.74) is -0.387. The van der Waals surface area contributed by atoms with E-state index in [-0.39, 0.29) is 12.2 Å². The van der Waals surface area contributed by atoms with Gasteiger partial charge < -0.3 is 9.84 Å². The first-order valence-electron chi connectivity index (χ1n) is 5.03. The molecular weight excluding hydrogens is 210 g/mol. The molecule has 5 heteroatoms. The van der Waals surface area contributed by atoms with E-state index in [4.69, 9.17) is 15.1 Å². The Labute approximate surface area is 94.3 Å². The van der Waals surface area contributed by atoms with Crippen LogP contribution >= 0.6 is 0 Å². The quantitative estimate of drug-likeness (QED) is 0.311. The van der Waals surface area contributed by atoms with Crippen molar-refractivity contribution in [2.75, 3.05) is 6.61 Å². The minimum absolute atomic E-state index is 0.219. The lowest BCUT2D eigenvalue weighted by Crippen LogP contribution is -2.16. The maximum atomic E-state index is 11.3. The summed E-state index contributed by atoms with van der Waals surface area (Å²) < 4.78 is 4.75. The highest BCUT2D eigenvalue weighted by molar-refractivity contribution is 6.03. The van der Waals surface area contributed by atoms with Gasteiger partial charge in [0.2, 0.25) is 0 Å². The highest BCUT2D eigenvalue weighted by atomic mass is 16.5. The second-order valence-electron chi connectivity index (χ2n) is 3.24. The van der Waals surface area contributed by atoms with Crippen molar-refractivity contribution in [3.05, 3.63) is 11.6 Å². The second kappa shape index (κ2) is 7.60. The van der Waals surface area contributed by atoms with Gasteiger partial charge in [-0.2, -0.15) is 5.26 Å². The van der Waals surface area contributed by atoms with Gasteiger partial charge in [-0.25, -0.2) is 4.79 Å². The molecular formula is C11H15NO4. The van der Waals surface area contributed by atoms with Crippen LogP contribution in [0.5, 0.6) is 0 Å². The molecule has 88 valence electrons. The van der Waals surface area contributed by atoms with Crippen LogP contribution in [0.15, 0.2) is 11.6 Å². The summed E-state index contributed by atoms with van der Waals surface area (Å²) in [6, 6.07) is 1.57. The molecule has 5 nitrogen and oxygen atoms in total. The summed E-state index contributed by atoms with van der Waals surface area (Å²) in [5, 5.41) is 17.5. The second-order valence-corrected chi connectivity index (χ2v) is 3.24. The van der Waals surface area contributed by atoms with Gasteiger partial charge in [-0.3, -0.25) is 4.79 Å². The van der Waals surface area contributed by atoms with Crippen LogP contribution in [0.2, 0.25) is 0 Å². The molecule has 16 heavy (non-hydrogen) atoms. The molecule has 0 fully saturated rings. The SMILES string of the molecule is CCCCOC(=O)/C(C#N)=C/C(=O)C(C)O. The van der Waals surface area contributed by atoms with Crippen LogP contribution in [-0.2, 0) is 14.3 Å². The van der Waals surface area contributed by atoms with Gasteiger partial charge in [-0.1, -0.05) is 13.3 Å². The van der Waals surface area contributed by atoms with Crippen molar-refractivity contribution in [1.82, 2.24) is 0 Å². The highest BCUT2D eigenvalue weighted by Crippen LogP contribution is 2.00. The molecule has 0 spiro atoms. The summed E-state index contributed by atoms with van der Waals surface area (Å²) in [5.74, 6) is -1.52. The number of ketones is 1. The Balaban J connectivity index is 4.45. The smallest absolute Gasteiger partial charge is 0.349 e. The van der Waals surface area contributed by atoms with E-state index in [1.54, 1.807) is 6.07 Å². The van der Waals surface area contributed by atoms with Gasteiger partial charge in [0.15, 0.2) is 5.78 Å². The fourth-order valence-corrected chi connectivity index (χ4v) is 0.787. The maximum absolute atomic E-state index is 11.3. The molecule has 0 saturated heterocycles. The first-order chi connectivity index (χ1) is 7.52. The Morgan fingerprint density at radius 3 is 2.62 bits per heavy atom. The number of hydrogen-bond donors (Lipinski definition) is 1. The van der Waals surface area contributed by atoms with Crippen molar-refractivity contribution in [3.8, 4) is 6.07 Å². The fourth-order valence-electron chi connectivity index (χ4n) is 0.787. The summed E-state index contributed by atoms with van der Waals surface area (Å²) in [7, 11) is 0. The molecule has 0 aliphatic rings. The van der Waals surface area contributed by atoms with Crippen molar-refractivity contribution in [2.24, 2.45) is 0 Å². The Morgan fingerprint density at radius 1 is 1.56 bits per heavy atom. The van der Waals surface area contributed by atoms with Gasteiger partial charge in [-0.05, 0) is 13.3 Å². The van der Waals surface area contributed by atoms with Gasteiger partial charge in [-0.15, -0.1) is 0 Å². The number of aliphatic hydroxyl groups excluding tert-OH is 1. The number of carbonyl (C=O) groups excluding carboxylic acids is 2. The van der Waals surface area contributed by atoms with Crippen LogP contribution in [0.1, 0.15) is 26.7 Å². The number of unbranched alkanes of at least 4 members (excludes halogenated alkanes) is 1. The van der Waals surface area contributed by atoms with E-state index in [9.17, 15) is 9.59 Å². The fraction of sp³-hybridized carbons (Fsp3) is 0.545. The number of aliphatic hydroxyl groups is 1. The van der Waals surface area contributed by atoms with E-state index >= 15 is 0 Å². The van der Waals surface area contributed by atoms with Crippen LogP contribution in [0.3, 0.4) is 0 Å². The Kier molecular flexibility index (Phi) is 6.81. The number of hydrogen-bond acceptors (Lipinski definition) is 5. The van der Waals surface area contributed by atoms with Gasteiger partial charge in [0, 0.05) is 6.08 Å². The third kappa shape index (κ3) is 5.27. The van der Waals surface area contributed by atoms with Crippen LogP contribution in [-0.4, -0.2) is 29.6 Å². The van der Waals surface area contributed by atoms with E-state index in [2.05, 4.69) is 0 Å². The monoisotopic (exact) mass is 225 g/mol. The molecule has 1 unspecified atom stereocenters. The number of ether oxygens (including phenoxy) is 1. The molecule has 0 heterocycles. The summed E-state index contributed by atoms with van der Waals surface area (Å²) in [4.78, 5) is 22.3. The number of nitriles is 1. The van der Waals surface area contributed by atoms with Crippen LogP contribution in [0.25, 0.3) is 0 Å². The lowest BCUT2D eigenvalue weighted by atomic mass is 10.2. The topological polar surface area (TPSA) is 87.4 Å². The van der Waals surface area contributed by atoms with Crippen molar-refractivity contribution in [3.63, 3.8) is 0 Å². The van der Waals surface area contributed by atoms with E-state index in [1.165, 1.54) is 6.92 Å². The van der Waals surface area contributed by atoms with Crippen LogP contribution < -0.4 is 0 Å². The molecule has 0 aromatic heterocycles. The molecule has 0 rings (SSSR count). The highest BCUT2D eigenvalue weighted by Gasteiger charge is 2.14. The first-order valence-corrected chi connectivity index (χ1v) is 5.03. The maximum Gasteiger partial charge on any atom is 0.349 e. The van der Waals surface area contributed by atoms with Gasteiger partial charge >= 0.3 is 5.97 Å². The normalized spacial score (nSPS) is 12.8. The summed E-state index contributed by atoms with van der Waals surface area (Å²) in [6.07, 6.45) is 1.14. The predicted molar refractivity (Wildman–Crippen MR) is 56.3 cm³/mol. The molecule has 0 aromatic rings. The van der Waals surface area contributed by atoms with Gasteiger partial charge in [0.1, 0.15) is 17.7 Å². The zero-order chi connectivity index (χ0) is 12.6. The summed E-state index contributed by atoms with van der Waals surface area (Å²) in [6.45, 7) is 3.42. The van der Waals surface area contributed by atoms with Crippen molar-refractivity contribution in [1.29, 1.82) is 5.26 Å². The van der Waals surface area contributed by atoms with E-state index in [0.29, 0.717) is 6.42 Å². The minimum Gasteiger partial charge on any atom is -0.462 e. The van der Waals surface area contributed by atoms with Crippen molar-refractivity contribution < 1.29 is 19.4 Å². The minimum atomic E-state index is -1.23. The van der Waals surface area contributed by atoms with Gasteiger partial charge in [0.05, 0.1) is 6.61 Å². The third-order valence-electron chi connectivity index (χ3n) is 1.77. The Morgan fingerprint density at radius 2 is 2.19 bits per heavy atom. The summed E-state index contributed by atoms with van der Waals surface area (Å²) >= 11 is 0.